The largest absolute Gasteiger partial charge is 0.464 e. The van der Waals surface area contributed by atoms with E-state index in [1.165, 1.54) is 42.9 Å². The van der Waals surface area contributed by atoms with Crippen LogP contribution in [0, 0.1) is 5.82 Å². The van der Waals surface area contributed by atoms with Gasteiger partial charge in [-0.3, -0.25) is 14.4 Å². The van der Waals surface area contributed by atoms with Gasteiger partial charge in [-0.15, -0.1) is 0 Å². The molecule has 0 amide bonds. The van der Waals surface area contributed by atoms with Gasteiger partial charge in [0.1, 0.15) is 29.0 Å². The molecule has 7 heteroatoms. The van der Waals surface area contributed by atoms with Gasteiger partial charge in [0.05, 0.1) is 29.0 Å². The van der Waals surface area contributed by atoms with Crippen molar-refractivity contribution < 1.29 is 22.8 Å². The number of esters is 1. The maximum atomic E-state index is 14.3. The van der Waals surface area contributed by atoms with E-state index in [4.69, 9.17) is 13.6 Å². The first-order valence-corrected chi connectivity index (χ1v) is 10.6. The van der Waals surface area contributed by atoms with Gasteiger partial charge in [0, 0.05) is 22.6 Å². The van der Waals surface area contributed by atoms with Crippen LogP contribution in [0.5, 0.6) is 5.75 Å². The first-order valence-electron chi connectivity index (χ1n) is 10.6. The SMILES string of the molecule is O=C1CC(c2coc3ccccc3c2=O)c2c(ccc3c(=O)c(-c4ccccc4F)coc23)O1. The van der Waals surface area contributed by atoms with E-state index in [-0.39, 0.29) is 45.3 Å². The van der Waals surface area contributed by atoms with Crippen LogP contribution in [0.1, 0.15) is 23.5 Å². The van der Waals surface area contributed by atoms with Crippen molar-refractivity contribution in [3.8, 4) is 16.9 Å². The summed E-state index contributed by atoms with van der Waals surface area (Å²) in [5, 5.41) is 0.566. The van der Waals surface area contributed by atoms with Crippen LogP contribution in [0.4, 0.5) is 4.39 Å². The minimum Gasteiger partial charge on any atom is -0.464 e. The molecule has 0 bridgehead atoms. The maximum absolute atomic E-state index is 14.3. The fourth-order valence-corrected chi connectivity index (χ4v) is 4.52. The summed E-state index contributed by atoms with van der Waals surface area (Å²) in [5.74, 6) is -1.62. The Bertz CT molecular complexity index is 1750. The summed E-state index contributed by atoms with van der Waals surface area (Å²) in [6, 6.07) is 15.7. The number of hydrogen-bond donors (Lipinski definition) is 0. The number of carbonyl (C=O) groups excluding carboxylic acids is 1. The van der Waals surface area contributed by atoms with Crippen LogP contribution in [0.2, 0.25) is 0 Å². The van der Waals surface area contributed by atoms with Crippen molar-refractivity contribution in [2.75, 3.05) is 0 Å². The van der Waals surface area contributed by atoms with Gasteiger partial charge in [0.15, 0.2) is 5.43 Å². The van der Waals surface area contributed by atoms with Crippen molar-refractivity contribution >= 4 is 27.9 Å². The highest BCUT2D eigenvalue weighted by atomic mass is 19.1. The normalized spacial score (nSPS) is 15.3. The molecule has 0 N–H and O–H groups in total. The Hall–Kier alpha value is -4.52. The topological polar surface area (TPSA) is 86.7 Å². The highest BCUT2D eigenvalue weighted by Crippen LogP contribution is 2.42. The van der Waals surface area contributed by atoms with Crippen LogP contribution in [0.25, 0.3) is 33.1 Å². The lowest BCUT2D eigenvalue weighted by Crippen LogP contribution is -2.25. The highest BCUT2D eigenvalue weighted by Gasteiger charge is 2.34. The Labute approximate surface area is 190 Å². The van der Waals surface area contributed by atoms with E-state index in [0.717, 1.165) is 0 Å². The molecule has 0 aliphatic carbocycles. The van der Waals surface area contributed by atoms with Crippen molar-refractivity contribution in [3.05, 3.63) is 111 Å². The zero-order valence-electron chi connectivity index (χ0n) is 17.5. The molecule has 1 unspecified atom stereocenters. The van der Waals surface area contributed by atoms with E-state index in [9.17, 15) is 18.8 Å². The second-order valence-corrected chi connectivity index (χ2v) is 8.06. The molecule has 5 aromatic rings. The minimum absolute atomic E-state index is 0.0696. The summed E-state index contributed by atoms with van der Waals surface area (Å²) in [4.78, 5) is 39.0. The maximum Gasteiger partial charge on any atom is 0.312 e. The Morgan fingerprint density at radius 1 is 0.765 bits per heavy atom. The number of rotatable bonds is 2. The Balaban J connectivity index is 1.61. The third-order valence-corrected chi connectivity index (χ3v) is 6.13. The number of fused-ring (bicyclic) bond motifs is 4. The standard InChI is InChI=1S/C27H15FO6/c28-20-7-3-1-5-14(20)18-13-33-27-16(26(18)31)9-10-22-24(27)17(11-23(29)34-22)19-12-32-21-8-4-2-6-15(21)25(19)30/h1-10,12-13,17H,11H2. The summed E-state index contributed by atoms with van der Waals surface area (Å²) in [7, 11) is 0. The van der Waals surface area contributed by atoms with E-state index in [1.54, 1.807) is 30.3 Å². The summed E-state index contributed by atoms with van der Waals surface area (Å²) in [5.41, 5.74) is 0.725. The van der Waals surface area contributed by atoms with E-state index in [1.807, 2.05) is 0 Å². The molecule has 1 aliphatic rings. The van der Waals surface area contributed by atoms with Crippen LogP contribution in [0.3, 0.4) is 0 Å². The molecule has 166 valence electrons. The molecule has 1 aliphatic heterocycles. The Morgan fingerprint density at radius 3 is 2.41 bits per heavy atom. The third kappa shape index (κ3) is 2.97. The van der Waals surface area contributed by atoms with E-state index in [0.29, 0.717) is 16.5 Å². The summed E-state index contributed by atoms with van der Waals surface area (Å²) in [6.45, 7) is 0. The van der Waals surface area contributed by atoms with Crippen molar-refractivity contribution in [1.82, 2.24) is 0 Å². The van der Waals surface area contributed by atoms with Gasteiger partial charge < -0.3 is 13.6 Å². The van der Waals surface area contributed by atoms with Gasteiger partial charge in [-0.1, -0.05) is 30.3 Å². The zero-order valence-corrected chi connectivity index (χ0v) is 17.5. The van der Waals surface area contributed by atoms with Gasteiger partial charge in [0.25, 0.3) is 0 Å². The fourth-order valence-electron chi connectivity index (χ4n) is 4.52. The molecule has 0 spiro atoms. The molecular weight excluding hydrogens is 439 g/mol. The first-order chi connectivity index (χ1) is 16.5. The number of ether oxygens (including phenoxy) is 1. The molecule has 3 aromatic carbocycles. The van der Waals surface area contributed by atoms with E-state index in [2.05, 4.69) is 0 Å². The molecule has 0 fully saturated rings. The van der Waals surface area contributed by atoms with Gasteiger partial charge in [-0.2, -0.15) is 0 Å². The van der Waals surface area contributed by atoms with Crippen LogP contribution >= 0.6 is 0 Å². The molecule has 0 saturated heterocycles. The molecule has 2 aromatic heterocycles. The minimum atomic E-state index is -0.747. The predicted octanol–water partition coefficient (Wildman–Crippen LogP) is 5.15. The average Bonchev–Trinajstić information content (AvgIpc) is 2.84. The number of para-hydroxylation sites is 1. The van der Waals surface area contributed by atoms with Crippen molar-refractivity contribution in [2.24, 2.45) is 0 Å². The number of halogens is 1. The Kier molecular flexibility index (Phi) is 4.45. The van der Waals surface area contributed by atoms with E-state index >= 15 is 0 Å². The zero-order chi connectivity index (χ0) is 23.4. The molecule has 6 nitrogen and oxygen atoms in total. The molecule has 3 heterocycles. The summed E-state index contributed by atoms with van der Waals surface area (Å²) in [6.07, 6.45) is 2.40. The Morgan fingerprint density at radius 2 is 1.56 bits per heavy atom. The van der Waals surface area contributed by atoms with Crippen LogP contribution in [-0.4, -0.2) is 5.97 Å². The highest BCUT2D eigenvalue weighted by molar-refractivity contribution is 5.90. The summed E-state index contributed by atoms with van der Waals surface area (Å²) >= 11 is 0. The average molecular weight is 454 g/mol. The molecule has 0 radical (unpaired) electrons. The molecule has 34 heavy (non-hydrogen) atoms. The van der Waals surface area contributed by atoms with Crippen LogP contribution in [0.15, 0.2) is 91.6 Å². The second kappa shape index (κ2) is 7.52. The van der Waals surface area contributed by atoms with Crippen molar-refractivity contribution in [3.63, 3.8) is 0 Å². The molecule has 6 rings (SSSR count). The lowest BCUT2D eigenvalue weighted by Gasteiger charge is -2.25. The smallest absolute Gasteiger partial charge is 0.312 e. The van der Waals surface area contributed by atoms with Gasteiger partial charge in [-0.25, -0.2) is 4.39 Å². The monoisotopic (exact) mass is 454 g/mol. The van der Waals surface area contributed by atoms with Gasteiger partial charge in [0.2, 0.25) is 5.43 Å². The quantitative estimate of drug-likeness (QED) is 0.271. The molecular formula is C27H15FO6. The third-order valence-electron chi connectivity index (χ3n) is 6.13. The predicted molar refractivity (Wildman–Crippen MR) is 122 cm³/mol. The molecule has 0 saturated carbocycles. The van der Waals surface area contributed by atoms with E-state index < -0.39 is 23.1 Å². The van der Waals surface area contributed by atoms with Crippen LogP contribution in [-0.2, 0) is 4.79 Å². The summed E-state index contributed by atoms with van der Waals surface area (Å²) < 4.78 is 31.3. The second-order valence-electron chi connectivity index (χ2n) is 8.06. The van der Waals surface area contributed by atoms with Crippen molar-refractivity contribution in [1.29, 1.82) is 0 Å². The lowest BCUT2D eigenvalue weighted by molar-refractivity contribution is -0.135. The lowest BCUT2D eigenvalue weighted by atomic mass is 9.85. The number of carbonyl (C=O) groups is 1. The van der Waals surface area contributed by atoms with Crippen LogP contribution < -0.4 is 15.6 Å². The van der Waals surface area contributed by atoms with Crippen molar-refractivity contribution in [2.45, 2.75) is 12.3 Å². The van der Waals surface area contributed by atoms with Gasteiger partial charge in [-0.05, 0) is 30.3 Å². The molecule has 1 atom stereocenters. The van der Waals surface area contributed by atoms with Gasteiger partial charge >= 0.3 is 5.97 Å². The number of benzene rings is 3. The first kappa shape index (κ1) is 20.1. The fraction of sp³-hybridized carbons (Fsp3) is 0.0741. The number of hydrogen-bond acceptors (Lipinski definition) is 6.